The molecule has 0 aromatic rings. The summed E-state index contributed by atoms with van der Waals surface area (Å²) in [6, 6.07) is 0. The van der Waals surface area contributed by atoms with Crippen molar-refractivity contribution in [3.63, 3.8) is 0 Å². The number of allylic oxidation sites excluding steroid dienone is 1. The minimum Gasteiger partial charge on any atom is -0.119 e. The highest BCUT2D eigenvalue weighted by molar-refractivity contribution is 5.08. The van der Waals surface area contributed by atoms with Crippen LogP contribution in [0.25, 0.3) is 0 Å². The lowest BCUT2D eigenvalue weighted by atomic mass is 10.1. The molecule has 0 radical (unpaired) electrons. The third-order valence-electron chi connectivity index (χ3n) is 0.989. The van der Waals surface area contributed by atoms with Crippen molar-refractivity contribution in [3.05, 3.63) is 12.2 Å². The number of terminal acetylenes is 1. The lowest BCUT2D eigenvalue weighted by molar-refractivity contribution is 0.904. The SMILES string of the molecule is C#CC(C)C(=C)C. The molecule has 0 aliphatic heterocycles. The van der Waals surface area contributed by atoms with Crippen LogP contribution in [0.5, 0.6) is 0 Å². The van der Waals surface area contributed by atoms with Crippen LogP contribution in [0, 0.1) is 18.3 Å². The molecule has 0 spiro atoms. The lowest BCUT2D eigenvalue weighted by Gasteiger charge is -1.97. The fourth-order valence-corrected chi connectivity index (χ4v) is 0.142. The van der Waals surface area contributed by atoms with Gasteiger partial charge in [0.15, 0.2) is 0 Å². The minimum absolute atomic E-state index is 0.236. The molecular weight excluding hydrogens is 84.1 g/mol. The van der Waals surface area contributed by atoms with Gasteiger partial charge in [-0.2, -0.15) is 0 Å². The Balaban J connectivity index is 3.63. The molecule has 0 aliphatic rings. The van der Waals surface area contributed by atoms with Crippen LogP contribution in [0.1, 0.15) is 13.8 Å². The Morgan fingerprint density at radius 1 is 1.86 bits per heavy atom. The van der Waals surface area contributed by atoms with Crippen LogP contribution >= 0.6 is 0 Å². The summed E-state index contributed by atoms with van der Waals surface area (Å²) in [5.41, 5.74) is 1.06. The molecule has 0 rings (SSSR count). The van der Waals surface area contributed by atoms with Crippen LogP contribution in [0.2, 0.25) is 0 Å². The van der Waals surface area contributed by atoms with Gasteiger partial charge in [-0.25, -0.2) is 0 Å². The summed E-state index contributed by atoms with van der Waals surface area (Å²) in [7, 11) is 0. The molecule has 0 amide bonds. The predicted octanol–water partition coefficient (Wildman–Crippen LogP) is 1.83. The Morgan fingerprint density at radius 2 is 2.29 bits per heavy atom. The van der Waals surface area contributed by atoms with Gasteiger partial charge in [-0.3, -0.25) is 0 Å². The number of hydrogen-bond donors (Lipinski definition) is 0. The first-order valence-corrected chi connectivity index (χ1v) is 2.30. The molecular formula is C7H10. The number of rotatable bonds is 1. The average molecular weight is 94.2 g/mol. The standard InChI is InChI=1S/C7H10/c1-5-7(4)6(2)3/h1,7H,2H2,3-4H3. The third-order valence-corrected chi connectivity index (χ3v) is 0.989. The molecule has 0 nitrogen and oxygen atoms in total. The van der Waals surface area contributed by atoms with Crippen LogP contribution in [0.4, 0.5) is 0 Å². The van der Waals surface area contributed by atoms with Gasteiger partial charge in [-0.1, -0.05) is 18.1 Å². The Morgan fingerprint density at radius 3 is 2.29 bits per heavy atom. The smallest absolute Gasteiger partial charge is 0.0375 e. The van der Waals surface area contributed by atoms with Gasteiger partial charge in [0, 0.05) is 5.92 Å². The van der Waals surface area contributed by atoms with Crippen LogP contribution < -0.4 is 0 Å². The van der Waals surface area contributed by atoms with Crippen molar-refractivity contribution >= 4 is 0 Å². The van der Waals surface area contributed by atoms with Gasteiger partial charge in [-0.05, 0) is 13.8 Å². The average Bonchev–Trinajstić information content (AvgIpc) is 1.65. The quantitative estimate of drug-likeness (QED) is 0.343. The van der Waals surface area contributed by atoms with Crippen LogP contribution in [0.3, 0.4) is 0 Å². The van der Waals surface area contributed by atoms with Crippen molar-refractivity contribution in [2.24, 2.45) is 5.92 Å². The lowest BCUT2D eigenvalue weighted by Crippen LogP contribution is -1.87. The van der Waals surface area contributed by atoms with Gasteiger partial charge in [0.2, 0.25) is 0 Å². The largest absolute Gasteiger partial charge is 0.119 e. The van der Waals surface area contributed by atoms with Crippen molar-refractivity contribution in [2.45, 2.75) is 13.8 Å². The zero-order chi connectivity index (χ0) is 5.86. The Labute approximate surface area is 45.2 Å². The first kappa shape index (κ1) is 6.30. The first-order chi connectivity index (χ1) is 3.18. The fourth-order valence-electron chi connectivity index (χ4n) is 0.142. The van der Waals surface area contributed by atoms with Crippen molar-refractivity contribution < 1.29 is 0 Å². The van der Waals surface area contributed by atoms with E-state index in [4.69, 9.17) is 6.42 Å². The van der Waals surface area contributed by atoms with E-state index in [1.807, 2.05) is 13.8 Å². The van der Waals surface area contributed by atoms with Crippen molar-refractivity contribution in [3.8, 4) is 12.3 Å². The maximum absolute atomic E-state index is 5.06. The van der Waals surface area contributed by atoms with E-state index in [0.29, 0.717) is 0 Å². The molecule has 0 N–H and O–H groups in total. The highest BCUT2D eigenvalue weighted by atomic mass is 14.0. The molecule has 0 heteroatoms. The maximum Gasteiger partial charge on any atom is 0.0375 e. The molecule has 0 saturated heterocycles. The van der Waals surface area contributed by atoms with E-state index in [1.54, 1.807) is 0 Å². The second kappa shape index (κ2) is 2.47. The predicted molar refractivity (Wildman–Crippen MR) is 32.8 cm³/mol. The summed E-state index contributed by atoms with van der Waals surface area (Å²) in [4.78, 5) is 0. The highest BCUT2D eigenvalue weighted by Gasteiger charge is 1.91. The van der Waals surface area contributed by atoms with E-state index in [2.05, 4.69) is 12.5 Å². The van der Waals surface area contributed by atoms with E-state index < -0.39 is 0 Å². The molecule has 1 unspecified atom stereocenters. The molecule has 0 saturated carbocycles. The molecule has 0 aromatic carbocycles. The molecule has 1 atom stereocenters. The van der Waals surface area contributed by atoms with Gasteiger partial charge in [0.05, 0.1) is 0 Å². The second-order valence-corrected chi connectivity index (χ2v) is 1.73. The highest BCUT2D eigenvalue weighted by Crippen LogP contribution is 2.02. The zero-order valence-corrected chi connectivity index (χ0v) is 4.86. The van der Waals surface area contributed by atoms with Gasteiger partial charge in [0.1, 0.15) is 0 Å². The van der Waals surface area contributed by atoms with E-state index in [1.165, 1.54) is 0 Å². The Bertz CT molecular complexity index is 104. The van der Waals surface area contributed by atoms with Crippen LogP contribution in [0.15, 0.2) is 12.2 Å². The summed E-state index contributed by atoms with van der Waals surface area (Å²) in [5, 5.41) is 0. The summed E-state index contributed by atoms with van der Waals surface area (Å²) in [6.45, 7) is 7.58. The molecule has 7 heavy (non-hydrogen) atoms. The van der Waals surface area contributed by atoms with Crippen molar-refractivity contribution in [1.29, 1.82) is 0 Å². The van der Waals surface area contributed by atoms with Gasteiger partial charge < -0.3 is 0 Å². The third kappa shape index (κ3) is 2.05. The number of hydrogen-bond acceptors (Lipinski definition) is 0. The van der Waals surface area contributed by atoms with Crippen LogP contribution in [-0.2, 0) is 0 Å². The molecule has 0 aliphatic carbocycles. The Kier molecular flexibility index (Phi) is 2.22. The first-order valence-electron chi connectivity index (χ1n) is 2.30. The van der Waals surface area contributed by atoms with Gasteiger partial charge in [0.25, 0.3) is 0 Å². The van der Waals surface area contributed by atoms with E-state index in [0.717, 1.165) is 5.57 Å². The summed E-state index contributed by atoms with van der Waals surface area (Å²) in [5.74, 6) is 2.80. The fraction of sp³-hybridized carbons (Fsp3) is 0.429. The summed E-state index contributed by atoms with van der Waals surface area (Å²) in [6.07, 6.45) is 5.06. The van der Waals surface area contributed by atoms with E-state index >= 15 is 0 Å². The monoisotopic (exact) mass is 94.1 g/mol. The van der Waals surface area contributed by atoms with E-state index in [-0.39, 0.29) is 5.92 Å². The Hall–Kier alpha value is -0.700. The maximum atomic E-state index is 5.06. The van der Waals surface area contributed by atoms with Crippen molar-refractivity contribution in [2.75, 3.05) is 0 Å². The topological polar surface area (TPSA) is 0 Å². The normalized spacial score (nSPS) is 12.1. The second-order valence-electron chi connectivity index (χ2n) is 1.73. The van der Waals surface area contributed by atoms with Gasteiger partial charge in [-0.15, -0.1) is 6.42 Å². The zero-order valence-electron chi connectivity index (χ0n) is 4.86. The molecule has 0 bridgehead atoms. The minimum atomic E-state index is 0.236. The molecule has 0 aromatic heterocycles. The van der Waals surface area contributed by atoms with Gasteiger partial charge >= 0.3 is 0 Å². The molecule has 0 heterocycles. The summed E-state index contributed by atoms with van der Waals surface area (Å²) >= 11 is 0. The summed E-state index contributed by atoms with van der Waals surface area (Å²) < 4.78 is 0. The van der Waals surface area contributed by atoms with E-state index in [9.17, 15) is 0 Å². The van der Waals surface area contributed by atoms with Crippen molar-refractivity contribution in [1.82, 2.24) is 0 Å². The molecule has 0 fully saturated rings. The van der Waals surface area contributed by atoms with Crippen LogP contribution in [-0.4, -0.2) is 0 Å². The molecule has 38 valence electrons.